The molecule has 1 saturated carbocycles. The van der Waals surface area contributed by atoms with Crippen LogP contribution in [0.1, 0.15) is 23.5 Å². The third kappa shape index (κ3) is 2.97. The van der Waals surface area contributed by atoms with Crippen LogP contribution in [0.15, 0.2) is 36.5 Å². The van der Waals surface area contributed by atoms with Gasteiger partial charge in [0, 0.05) is 17.7 Å². The van der Waals surface area contributed by atoms with Gasteiger partial charge in [0.25, 0.3) is 0 Å². The summed E-state index contributed by atoms with van der Waals surface area (Å²) in [7, 11) is 0. The number of nitrogen functional groups attached to an aromatic ring is 1. The molecule has 5 heteroatoms. The Morgan fingerprint density at radius 3 is 2.81 bits per heavy atom. The van der Waals surface area contributed by atoms with Gasteiger partial charge in [0.15, 0.2) is 0 Å². The molecule has 4 nitrogen and oxygen atoms in total. The smallest absolute Gasteiger partial charge is 0.146 e. The number of nitrogens with one attached hydrogen (secondary N) is 1. The average Bonchev–Trinajstić information content (AvgIpc) is 3.26. The van der Waals surface area contributed by atoms with Crippen molar-refractivity contribution in [3.63, 3.8) is 0 Å². The number of hydrogen-bond donors (Lipinski definition) is 2. The zero-order valence-electron chi connectivity index (χ0n) is 11.8. The lowest BCUT2D eigenvalue weighted by molar-refractivity contribution is 0.295. The van der Waals surface area contributed by atoms with Gasteiger partial charge in [-0.1, -0.05) is 12.1 Å². The Labute approximate surface area is 123 Å². The van der Waals surface area contributed by atoms with Gasteiger partial charge in [0.05, 0.1) is 6.61 Å². The normalized spacial score (nSPS) is 20.1. The number of pyridine rings is 1. The van der Waals surface area contributed by atoms with Gasteiger partial charge in [-0.2, -0.15) is 0 Å². The van der Waals surface area contributed by atoms with Gasteiger partial charge in [0.2, 0.25) is 0 Å². The van der Waals surface area contributed by atoms with Crippen LogP contribution in [0.5, 0.6) is 5.75 Å². The highest BCUT2D eigenvalue weighted by Gasteiger charge is 2.38. The number of nitrogens with two attached hydrogens (primary N) is 1. The van der Waals surface area contributed by atoms with Crippen LogP contribution in [0.25, 0.3) is 0 Å². The van der Waals surface area contributed by atoms with E-state index in [0.717, 1.165) is 17.7 Å². The Kier molecular flexibility index (Phi) is 3.75. The molecule has 0 aliphatic heterocycles. The molecule has 0 saturated heterocycles. The maximum Gasteiger partial charge on any atom is 0.146 e. The molecule has 0 spiro atoms. The number of nitrogens with zero attached hydrogens (tertiary/aromatic N) is 1. The Morgan fingerprint density at radius 1 is 1.33 bits per heavy atom. The van der Waals surface area contributed by atoms with Gasteiger partial charge in [-0.05, 0) is 43.0 Å². The number of benzene rings is 1. The Balaban J connectivity index is 1.59. The minimum absolute atomic E-state index is 0.193. The maximum atomic E-state index is 12.9. The molecule has 110 valence electrons. The molecular weight excluding hydrogens is 269 g/mol. The standard InChI is InChI=1S/C16H18FN3O/c1-10-15(6-7-19-16(10)20-18)21-9-12-8-14(12)11-2-4-13(17)5-3-11/h2-7,12,14H,8-9,18H2,1H3,(H,19,20)/t12-,14-/m1/s1. The summed E-state index contributed by atoms with van der Waals surface area (Å²) in [5, 5.41) is 0. The first-order valence-electron chi connectivity index (χ1n) is 6.99. The van der Waals surface area contributed by atoms with E-state index < -0.39 is 0 Å². The summed E-state index contributed by atoms with van der Waals surface area (Å²) in [6.45, 7) is 2.57. The van der Waals surface area contributed by atoms with E-state index in [9.17, 15) is 4.39 Å². The first-order chi connectivity index (χ1) is 10.2. The lowest BCUT2D eigenvalue weighted by Crippen LogP contribution is -2.11. The number of hydrazine groups is 1. The van der Waals surface area contributed by atoms with E-state index in [4.69, 9.17) is 10.6 Å². The SMILES string of the molecule is Cc1c(OC[C@H]2C[C@@H]2c2ccc(F)cc2)ccnc1NN. The fourth-order valence-corrected chi connectivity index (χ4v) is 2.57. The molecule has 0 bridgehead atoms. The molecule has 2 aromatic rings. The minimum atomic E-state index is -0.193. The van der Waals surface area contributed by atoms with E-state index in [1.54, 1.807) is 6.20 Å². The molecule has 1 aromatic heterocycles. The van der Waals surface area contributed by atoms with Crippen LogP contribution in [0.2, 0.25) is 0 Å². The molecular formula is C16H18FN3O. The van der Waals surface area contributed by atoms with Crippen LogP contribution in [0, 0.1) is 18.7 Å². The molecule has 0 amide bonds. The second-order valence-corrected chi connectivity index (χ2v) is 5.39. The van der Waals surface area contributed by atoms with Crippen LogP contribution in [0.3, 0.4) is 0 Å². The first-order valence-corrected chi connectivity index (χ1v) is 6.99. The summed E-state index contributed by atoms with van der Waals surface area (Å²) in [4.78, 5) is 4.12. The van der Waals surface area contributed by atoms with Crippen LogP contribution in [-0.2, 0) is 0 Å². The van der Waals surface area contributed by atoms with E-state index >= 15 is 0 Å². The number of halogens is 1. The number of aromatic nitrogens is 1. The largest absolute Gasteiger partial charge is 0.493 e. The summed E-state index contributed by atoms with van der Waals surface area (Å²) < 4.78 is 18.8. The molecule has 3 rings (SSSR count). The fraction of sp³-hybridized carbons (Fsp3) is 0.312. The molecule has 0 radical (unpaired) electrons. The Morgan fingerprint density at radius 2 is 2.10 bits per heavy atom. The predicted octanol–water partition coefficient (Wildman–Crippen LogP) is 3.00. The van der Waals surface area contributed by atoms with Crippen LogP contribution in [0.4, 0.5) is 10.2 Å². The highest BCUT2D eigenvalue weighted by molar-refractivity contribution is 5.49. The highest BCUT2D eigenvalue weighted by atomic mass is 19.1. The number of anilines is 1. The van der Waals surface area contributed by atoms with Crippen molar-refractivity contribution in [3.05, 3.63) is 53.5 Å². The van der Waals surface area contributed by atoms with Crippen LogP contribution in [-0.4, -0.2) is 11.6 Å². The van der Waals surface area contributed by atoms with Crippen molar-refractivity contribution in [3.8, 4) is 5.75 Å². The number of hydrogen-bond acceptors (Lipinski definition) is 4. The van der Waals surface area contributed by atoms with Gasteiger partial charge in [-0.3, -0.25) is 0 Å². The second kappa shape index (κ2) is 5.69. The van der Waals surface area contributed by atoms with Gasteiger partial charge in [-0.25, -0.2) is 15.2 Å². The molecule has 1 aromatic carbocycles. The third-order valence-corrected chi connectivity index (χ3v) is 3.96. The van der Waals surface area contributed by atoms with Gasteiger partial charge in [0.1, 0.15) is 17.4 Å². The summed E-state index contributed by atoms with van der Waals surface area (Å²) in [5.74, 6) is 7.58. The number of rotatable bonds is 5. The van der Waals surface area contributed by atoms with Crippen molar-refractivity contribution in [1.29, 1.82) is 0 Å². The van der Waals surface area contributed by atoms with E-state index in [1.165, 1.54) is 17.7 Å². The van der Waals surface area contributed by atoms with Crippen molar-refractivity contribution in [2.75, 3.05) is 12.0 Å². The number of ether oxygens (including phenoxy) is 1. The summed E-state index contributed by atoms with van der Waals surface area (Å²) >= 11 is 0. The van der Waals surface area contributed by atoms with Crippen molar-refractivity contribution in [2.45, 2.75) is 19.3 Å². The lowest BCUT2D eigenvalue weighted by atomic mass is 10.1. The van der Waals surface area contributed by atoms with Crippen molar-refractivity contribution in [1.82, 2.24) is 4.98 Å². The van der Waals surface area contributed by atoms with Gasteiger partial charge >= 0.3 is 0 Å². The second-order valence-electron chi connectivity index (χ2n) is 5.39. The van der Waals surface area contributed by atoms with Gasteiger partial charge < -0.3 is 10.2 Å². The summed E-state index contributed by atoms with van der Waals surface area (Å²) in [6, 6.07) is 8.57. The van der Waals surface area contributed by atoms with Crippen molar-refractivity contribution < 1.29 is 9.13 Å². The van der Waals surface area contributed by atoms with Crippen molar-refractivity contribution in [2.24, 2.45) is 11.8 Å². The van der Waals surface area contributed by atoms with Gasteiger partial charge in [-0.15, -0.1) is 0 Å². The average molecular weight is 287 g/mol. The first kappa shape index (κ1) is 13.8. The fourth-order valence-electron chi connectivity index (χ4n) is 2.57. The quantitative estimate of drug-likeness (QED) is 0.655. The Hall–Kier alpha value is -2.14. The van der Waals surface area contributed by atoms with E-state index in [1.807, 2.05) is 25.1 Å². The maximum absolute atomic E-state index is 12.9. The van der Waals surface area contributed by atoms with E-state index in [-0.39, 0.29) is 5.82 Å². The predicted molar refractivity (Wildman–Crippen MR) is 79.5 cm³/mol. The zero-order chi connectivity index (χ0) is 14.8. The highest BCUT2D eigenvalue weighted by Crippen LogP contribution is 2.47. The molecule has 2 atom stereocenters. The molecule has 3 N–H and O–H groups in total. The Bertz CT molecular complexity index is 630. The molecule has 21 heavy (non-hydrogen) atoms. The van der Waals surface area contributed by atoms with E-state index in [2.05, 4.69) is 10.4 Å². The molecule has 0 unspecified atom stereocenters. The summed E-state index contributed by atoms with van der Waals surface area (Å²) in [6.07, 6.45) is 2.75. The molecule has 1 aliphatic carbocycles. The zero-order valence-corrected chi connectivity index (χ0v) is 11.8. The molecule has 1 heterocycles. The van der Waals surface area contributed by atoms with E-state index in [0.29, 0.717) is 24.3 Å². The van der Waals surface area contributed by atoms with Crippen LogP contribution >= 0.6 is 0 Å². The topological polar surface area (TPSA) is 60.2 Å². The monoisotopic (exact) mass is 287 g/mol. The minimum Gasteiger partial charge on any atom is -0.493 e. The molecule has 1 aliphatic rings. The third-order valence-electron chi connectivity index (χ3n) is 3.96. The van der Waals surface area contributed by atoms with Crippen molar-refractivity contribution >= 4 is 5.82 Å². The summed E-state index contributed by atoms with van der Waals surface area (Å²) in [5.41, 5.74) is 4.64. The molecule has 1 fully saturated rings. The van der Waals surface area contributed by atoms with Crippen LogP contribution < -0.4 is 16.0 Å². The lowest BCUT2D eigenvalue weighted by Gasteiger charge is -2.11.